The van der Waals surface area contributed by atoms with E-state index in [-0.39, 0.29) is 25.5 Å². The number of rotatable bonds is 5. The third-order valence-electron chi connectivity index (χ3n) is 3.77. The maximum Gasteiger partial charge on any atom is 0.338 e. The van der Waals surface area contributed by atoms with Crippen molar-refractivity contribution in [2.45, 2.75) is 33.1 Å². The molecule has 6 heteroatoms. The summed E-state index contributed by atoms with van der Waals surface area (Å²) < 4.78 is 10.1. The highest BCUT2D eigenvalue weighted by molar-refractivity contribution is 6.02. The number of nitrogens with zero attached hydrogens (tertiary/aromatic N) is 1. The van der Waals surface area contributed by atoms with Crippen LogP contribution in [0.4, 0.5) is 5.69 Å². The number of hydrogen-bond donors (Lipinski definition) is 0. The molecular weight excluding hydrogens is 298 g/mol. The van der Waals surface area contributed by atoms with Crippen molar-refractivity contribution >= 4 is 23.5 Å². The van der Waals surface area contributed by atoms with Crippen LogP contribution in [0.15, 0.2) is 18.2 Å². The normalized spacial score (nSPS) is 16.7. The maximum atomic E-state index is 12.3. The van der Waals surface area contributed by atoms with Gasteiger partial charge in [-0.2, -0.15) is 0 Å². The van der Waals surface area contributed by atoms with E-state index in [1.165, 1.54) is 0 Å². The van der Waals surface area contributed by atoms with Crippen LogP contribution in [0.1, 0.15) is 49.0 Å². The second kappa shape index (κ2) is 7.26. The van der Waals surface area contributed by atoms with E-state index in [2.05, 4.69) is 0 Å². The van der Waals surface area contributed by atoms with E-state index in [9.17, 15) is 14.4 Å². The fourth-order valence-electron chi connectivity index (χ4n) is 2.75. The Morgan fingerprint density at radius 3 is 2.48 bits per heavy atom. The van der Waals surface area contributed by atoms with Gasteiger partial charge in [-0.15, -0.1) is 0 Å². The highest BCUT2D eigenvalue weighted by atomic mass is 16.5. The number of hydrogen-bond acceptors (Lipinski definition) is 5. The number of carbonyl (C=O) groups is 3. The highest BCUT2D eigenvalue weighted by Crippen LogP contribution is 2.37. The molecule has 0 radical (unpaired) electrons. The van der Waals surface area contributed by atoms with Crippen molar-refractivity contribution in [3.63, 3.8) is 0 Å². The Labute approximate surface area is 135 Å². The van der Waals surface area contributed by atoms with Crippen LogP contribution in [0.2, 0.25) is 0 Å². The minimum Gasteiger partial charge on any atom is -0.466 e. The number of esters is 2. The molecule has 6 nitrogen and oxygen atoms in total. The fourth-order valence-corrected chi connectivity index (χ4v) is 2.75. The number of benzene rings is 1. The van der Waals surface area contributed by atoms with Crippen molar-refractivity contribution in [1.29, 1.82) is 0 Å². The summed E-state index contributed by atoms with van der Waals surface area (Å²) in [5.41, 5.74) is 1.65. The number of fused-ring (bicyclic) bond motifs is 1. The van der Waals surface area contributed by atoms with Gasteiger partial charge >= 0.3 is 11.9 Å². The van der Waals surface area contributed by atoms with Crippen LogP contribution in [-0.4, -0.2) is 37.6 Å². The highest BCUT2D eigenvalue weighted by Gasteiger charge is 2.36. The van der Waals surface area contributed by atoms with Crippen LogP contribution in [0, 0.1) is 0 Å². The SMILES string of the molecule is CCOC(=O)c1ccc2c(c1)C(C(=O)OCC)CC(=O)N2CC. The Bertz CT molecular complexity index is 625. The van der Waals surface area contributed by atoms with Gasteiger partial charge in [0, 0.05) is 18.7 Å². The average molecular weight is 319 g/mol. The van der Waals surface area contributed by atoms with Crippen molar-refractivity contribution in [3.05, 3.63) is 29.3 Å². The summed E-state index contributed by atoms with van der Waals surface area (Å²) in [6.07, 6.45) is 0.0476. The van der Waals surface area contributed by atoms with E-state index in [4.69, 9.17) is 9.47 Å². The van der Waals surface area contributed by atoms with E-state index in [0.717, 1.165) is 0 Å². The molecular formula is C17H21NO5. The Morgan fingerprint density at radius 1 is 1.17 bits per heavy atom. The molecule has 1 unspecified atom stereocenters. The number of anilines is 1. The van der Waals surface area contributed by atoms with E-state index in [1.54, 1.807) is 36.9 Å². The van der Waals surface area contributed by atoms with Crippen LogP contribution in [-0.2, 0) is 19.1 Å². The second-order valence-electron chi connectivity index (χ2n) is 5.14. The predicted octanol–water partition coefficient (Wildman–Crippen LogP) is 2.27. The average Bonchev–Trinajstić information content (AvgIpc) is 2.54. The zero-order chi connectivity index (χ0) is 17.0. The summed E-state index contributed by atoms with van der Waals surface area (Å²) in [5.74, 6) is -1.70. The molecule has 0 bridgehead atoms. The first-order valence-corrected chi connectivity index (χ1v) is 7.81. The van der Waals surface area contributed by atoms with Gasteiger partial charge in [0.1, 0.15) is 0 Å². The summed E-state index contributed by atoms with van der Waals surface area (Å²) in [4.78, 5) is 38.0. The Balaban J connectivity index is 2.48. The lowest BCUT2D eigenvalue weighted by molar-refractivity contribution is -0.146. The van der Waals surface area contributed by atoms with Gasteiger partial charge < -0.3 is 14.4 Å². The quantitative estimate of drug-likeness (QED) is 0.778. The van der Waals surface area contributed by atoms with E-state index in [0.29, 0.717) is 23.4 Å². The molecule has 1 amide bonds. The molecule has 1 heterocycles. The Hall–Kier alpha value is -2.37. The summed E-state index contributed by atoms with van der Waals surface area (Å²) in [6, 6.07) is 4.93. The van der Waals surface area contributed by atoms with Gasteiger partial charge in [-0.1, -0.05) is 0 Å². The second-order valence-corrected chi connectivity index (χ2v) is 5.14. The van der Waals surface area contributed by atoms with Gasteiger partial charge in [0.15, 0.2) is 0 Å². The molecule has 0 N–H and O–H groups in total. The molecule has 1 aromatic carbocycles. The first-order chi connectivity index (χ1) is 11.0. The first kappa shape index (κ1) is 17.0. The van der Waals surface area contributed by atoms with Crippen LogP contribution < -0.4 is 4.90 Å². The molecule has 1 atom stereocenters. The standard InChI is InChI=1S/C17H21NO5/c1-4-18-14-8-7-11(16(20)22-5-2)9-12(14)13(10-15(18)19)17(21)23-6-3/h7-9,13H,4-6,10H2,1-3H3. The van der Waals surface area contributed by atoms with Crippen LogP contribution in [0.5, 0.6) is 0 Å². The third-order valence-corrected chi connectivity index (χ3v) is 3.77. The number of carbonyl (C=O) groups excluding carboxylic acids is 3. The van der Waals surface area contributed by atoms with E-state index in [1.807, 2.05) is 6.92 Å². The van der Waals surface area contributed by atoms with Gasteiger partial charge in [-0.25, -0.2) is 4.79 Å². The molecule has 23 heavy (non-hydrogen) atoms. The molecule has 1 aliphatic rings. The number of amides is 1. The molecule has 0 saturated carbocycles. The van der Waals surface area contributed by atoms with Gasteiger partial charge in [0.2, 0.25) is 5.91 Å². The molecule has 0 aliphatic carbocycles. The zero-order valence-corrected chi connectivity index (χ0v) is 13.6. The topological polar surface area (TPSA) is 72.9 Å². The van der Waals surface area contributed by atoms with Gasteiger partial charge in [-0.05, 0) is 44.5 Å². The van der Waals surface area contributed by atoms with Crippen molar-refractivity contribution < 1.29 is 23.9 Å². The van der Waals surface area contributed by atoms with Crippen LogP contribution in [0.25, 0.3) is 0 Å². The predicted molar refractivity (Wildman–Crippen MR) is 84.4 cm³/mol. The van der Waals surface area contributed by atoms with E-state index >= 15 is 0 Å². The first-order valence-electron chi connectivity index (χ1n) is 7.81. The number of ether oxygens (including phenoxy) is 2. The minimum atomic E-state index is -0.686. The lowest BCUT2D eigenvalue weighted by Crippen LogP contribution is -2.38. The smallest absolute Gasteiger partial charge is 0.338 e. The summed E-state index contributed by atoms with van der Waals surface area (Å²) in [5, 5.41) is 0. The summed E-state index contributed by atoms with van der Waals surface area (Å²) in [7, 11) is 0. The summed E-state index contributed by atoms with van der Waals surface area (Å²) in [6.45, 7) is 6.34. The lowest BCUT2D eigenvalue weighted by Gasteiger charge is -2.32. The van der Waals surface area contributed by atoms with Crippen molar-refractivity contribution in [2.24, 2.45) is 0 Å². The maximum absolute atomic E-state index is 12.3. The third kappa shape index (κ3) is 3.36. The van der Waals surface area contributed by atoms with Gasteiger partial charge in [-0.3, -0.25) is 9.59 Å². The molecule has 0 spiro atoms. The molecule has 1 aromatic rings. The molecule has 0 fully saturated rings. The Morgan fingerprint density at radius 2 is 1.87 bits per heavy atom. The fraction of sp³-hybridized carbons (Fsp3) is 0.471. The minimum absolute atomic E-state index is 0.0476. The lowest BCUT2D eigenvalue weighted by atomic mass is 9.88. The molecule has 124 valence electrons. The van der Waals surface area contributed by atoms with Crippen molar-refractivity contribution in [3.8, 4) is 0 Å². The van der Waals surface area contributed by atoms with E-state index < -0.39 is 17.9 Å². The van der Waals surface area contributed by atoms with Crippen LogP contribution in [0.3, 0.4) is 0 Å². The molecule has 2 rings (SSSR count). The molecule has 0 aromatic heterocycles. The van der Waals surface area contributed by atoms with Crippen LogP contribution >= 0.6 is 0 Å². The van der Waals surface area contributed by atoms with Crippen molar-refractivity contribution in [1.82, 2.24) is 0 Å². The monoisotopic (exact) mass is 319 g/mol. The largest absolute Gasteiger partial charge is 0.466 e. The molecule has 0 saturated heterocycles. The summed E-state index contributed by atoms with van der Waals surface area (Å²) >= 11 is 0. The Kier molecular flexibility index (Phi) is 5.36. The van der Waals surface area contributed by atoms with Gasteiger partial charge in [0.05, 0.1) is 24.7 Å². The molecule has 1 aliphatic heterocycles. The van der Waals surface area contributed by atoms with Crippen molar-refractivity contribution in [2.75, 3.05) is 24.7 Å². The van der Waals surface area contributed by atoms with Gasteiger partial charge in [0.25, 0.3) is 0 Å². The zero-order valence-electron chi connectivity index (χ0n) is 13.6.